The maximum absolute atomic E-state index is 13.6. The fraction of sp³-hybridized carbons (Fsp3) is 0.235. The Morgan fingerprint density at radius 2 is 1.67 bits per heavy atom. The number of hydrogen-bond acceptors (Lipinski definition) is 3. The molecule has 2 aromatic carbocycles. The third-order valence-electron chi connectivity index (χ3n) is 3.72. The zero-order valence-electron chi connectivity index (χ0n) is 11.6. The molecule has 0 aliphatic carbocycles. The van der Waals surface area contributed by atoms with Gasteiger partial charge in [-0.3, -0.25) is 0 Å². The van der Waals surface area contributed by atoms with Crippen LogP contribution in [0.2, 0.25) is 0 Å². The van der Waals surface area contributed by atoms with Crippen LogP contribution in [-0.4, -0.2) is 13.1 Å². The van der Waals surface area contributed by atoms with Gasteiger partial charge in [0, 0.05) is 30.2 Å². The molecule has 3 rings (SSSR count). The van der Waals surface area contributed by atoms with Gasteiger partial charge in [0.1, 0.15) is 11.9 Å². The molecule has 0 radical (unpaired) electrons. The Bertz CT molecular complexity index is 667. The molecule has 106 valence electrons. The summed E-state index contributed by atoms with van der Waals surface area (Å²) >= 11 is 0. The molecule has 1 saturated heterocycles. The van der Waals surface area contributed by atoms with Crippen LogP contribution in [0.25, 0.3) is 0 Å². The average molecular weight is 281 g/mol. The number of benzene rings is 2. The van der Waals surface area contributed by atoms with E-state index in [1.54, 1.807) is 6.07 Å². The van der Waals surface area contributed by atoms with Gasteiger partial charge >= 0.3 is 0 Å². The van der Waals surface area contributed by atoms with Crippen LogP contribution in [0.5, 0.6) is 0 Å². The van der Waals surface area contributed by atoms with Crippen LogP contribution in [0.4, 0.5) is 21.5 Å². The van der Waals surface area contributed by atoms with E-state index in [-0.39, 0.29) is 5.56 Å². The van der Waals surface area contributed by atoms with Crippen molar-refractivity contribution in [3.63, 3.8) is 0 Å². The van der Waals surface area contributed by atoms with E-state index in [2.05, 4.69) is 22.3 Å². The van der Waals surface area contributed by atoms with Crippen molar-refractivity contribution >= 4 is 17.1 Å². The molecule has 1 aliphatic heterocycles. The molecule has 1 aliphatic rings. The molecule has 0 unspecified atom stereocenters. The molecule has 0 aromatic heterocycles. The van der Waals surface area contributed by atoms with Crippen molar-refractivity contribution in [1.29, 1.82) is 5.26 Å². The van der Waals surface area contributed by atoms with E-state index in [1.165, 1.54) is 30.7 Å². The van der Waals surface area contributed by atoms with Gasteiger partial charge in [0.15, 0.2) is 0 Å². The quantitative estimate of drug-likeness (QED) is 0.922. The first-order chi connectivity index (χ1) is 10.3. The zero-order chi connectivity index (χ0) is 14.7. The first-order valence-electron chi connectivity index (χ1n) is 7.08. The maximum atomic E-state index is 13.6. The molecule has 2 aromatic rings. The largest absolute Gasteiger partial charge is 0.372 e. The number of rotatable bonds is 3. The summed E-state index contributed by atoms with van der Waals surface area (Å²) in [6.07, 6.45) is 2.51. The van der Waals surface area contributed by atoms with Crippen LogP contribution in [0.1, 0.15) is 18.4 Å². The van der Waals surface area contributed by atoms with Crippen molar-refractivity contribution in [3.05, 3.63) is 53.8 Å². The van der Waals surface area contributed by atoms with Gasteiger partial charge in [-0.2, -0.15) is 5.26 Å². The Morgan fingerprint density at radius 1 is 1.00 bits per heavy atom. The summed E-state index contributed by atoms with van der Waals surface area (Å²) in [7, 11) is 0. The molecule has 0 atom stereocenters. The molecular formula is C17H16FN3. The van der Waals surface area contributed by atoms with Crippen LogP contribution in [0.15, 0.2) is 42.5 Å². The molecule has 0 amide bonds. The first-order valence-corrected chi connectivity index (χ1v) is 7.08. The summed E-state index contributed by atoms with van der Waals surface area (Å²) < 4.78 is 13.6. The van der Waals surface area contributed by atoms with E-state index in [0.29, 0.717) is 5.69 Å². The van der Waals surface area contributed by atoms with Gasteiger partial charge in [0.2, 0.25) is 0 Å². The first kappa shape index (κ1) is 13.4. The van der Waals surface area contributed by atoms with E-state index < -0.39 is 5.82 Å². The zero-order valence-corrected chi connectivity index (χ0v) is 11.6. The predicted octanol–water partition coefficient (Wildman–Crippen LogP) is 4.04. The minimum absolute atomic E-state index is 0.0601. The Kier molecular flexibility index (Phi) is 3.74. The number of nitrogens with zero attached hydrogens (tertiary/aromatic N) is 2. The van der Waals surface area contributed by atoms with Crippen molar-refractivity contribution < 1.29 is 4.39 Å². The lowest BCUT2D eigenvalue weighted by molar-refractivity contribution is 0.624. The SMILES string of the molecule is N#Cc1ccc(Nc2ccc(N3CCCC3)cc2)cc1F. The maximum Gasteiger partial charge on any atom is 0.143 e. The number of hydrogen-bond donors (Lipinski definition) is 1. The van der Waals surface area contributed by atoms with Crippen molar-refractivity contribution in [2.75, 3.05) is 23.3 Å². The van der Waals surface area contributed by atoms with Gasteiger partial charge in [-0.05, 0) is 55.3 Å². The van der Waals surface area contributed by atoms with Gasteiger partial charge in [-0.25, -0.2) is 4.39 Å². The van der Waals surface area contributed by atoms with E-state index in [0.717, 1.165) is 18.8 Å². The normalized spacial score (nSPS) is 14.0. The lowest BCUT2D eigenvalue weighted by Crippen LogP contribution is -2.17. The minimum atomic E-state index is -0.504. The Morgan fingerprint density at radius 3 is 2.29 bits per heavy atom. The fourth-order valence-electron chi connectivity index (χ4n) is 2.58. The van der Waals surface area contributed by atoms with E-state index >= 15 is 0 Å². The Labute approximate surface area is 123 Å². The predicted molar refractivity (Wildman–Crippen MR) is 82.3 cm³/mol. The van der Waals surface area contributed by atoms with Crippen LogP contribution in [0.3, 0.4) is 0 Å². The molecule has 0 bridgehead atoms. The second kappa shape index (κ2) is 5.84. The molecule has 1 N–H and O–H groups in total. The number of nitrogens with one attached hydrogen (secondary N) is 1. The summed E-state index contributed by atoms with van der Waals surface area (Å²) in [4.78, 5) is 2.37. The van der Waals surface area contributed by atoms with Crippen molar-refractivity contribution in [2.45, 2.75) is 12.8 Å². The standard InChI is InChI=1S/C17H16FN3/c18-17-11-15(4-3-13(17)12-19)20-14-5-7-16(8-6-14)21-9-1-2-10-21/h3-8,11,20H,1-2,9-10H2. The fourth-order valence-corrected chi connectivity index (χ4v) is 2.58. The molecule has 4 heteroatoms. The minimum Gasteiger partial charge on any atom is -0.372 e. The van der Waals surface area contributed by atoms with Gasteiger partial charge in [-0.15, -0.1) is 0 Å². The molecule has 1 fully saturated rings. The van der Waals surface area contributed by atoms with Gasteiger partial charge < -0.3 is 10.2 Å². The van der Waals surface area contributed by atoms with Gasteiger partial charge in [-0.1, -0.05) is 0 Å². The summed E-state index contributed by atoms with van der Waals surface area (Å²) in [6.45, 7) is 2.24. The Hall–Kier alpha value is -2.54. The molecule has 21 heavy (non-hydrogen) atoms. The second-order valence-electron chi connectivity index (χ2n) is 5.17. The van der Waals surface area contributed by atoms with Crippen LogP contribution >= 0.6 is 0 Å². The molecule has 1 heterocycles. The van der Waals surface area contributed by atoms with Crippen LogP contribution < -0.4 is 10.2 Å². The van der Waals surface area contributed by atoms with Crippen molar-refractivity contribution in [2.24, 2.45) is 0 Å². The third-order valence-corrected chi connectivity index (χ3v) is 3.72. The summed E-state index contributed by atoms with van der Waals surface area (Å²) in [5.74, 6) is -0.504. The number of nitriles is 1. The topological polar surface area (TPSA) is 39.1 Å². The second-order valence-corrected chi connectivity index (χ2v) is 5.17. The highest BCUT2D eigenvalue weighted by atomic mass is 19.1. The van der Waals surface area contributed by atoms with Crippen LogP contribution in [-0.2, 0) is 0 Å². The average Bonchev–Trinajstić information content (AvgIpc) is 3.02. The number of halogens is 1. The molecule has 0 saturated carbocycles. The van der Waals surface area contributed by atoms with E-state index in [4.69, 9.17) is 5.26 Å². The van der Waals surface area contributed by atoms with E-state index in [9.17, 15) is 4.39 Å². The highest BCUT2D eigenvalue weighted by Crippen LogP contribution is 2.24. The third kappa shape index (κ3) is 2.97. The highest BCUT2D eigenvalue weighted by Gasteiger charge is 2.11. The number of anilines is 3. The highest BCUT2D eigenvalue weighted by molar-refractivity contribution is 5.63. The summed E-state index contributed by atoms with van der Waals surface area (Å²) in [5, 5.41) is 11.9. The smallest absolute Gasteiger partial charge is 0.143 e. The lowest BCUT2D eigenvalue weighted by Gasteiger charge is -2.18. The van der Waals surface area contributed by atoms with Crippen molar-refractivity contribution in [3.8, 4) is 6.07 Å². The molecular weight excluding hydrogens is 265 g/mol. The van der Waals surface area contributed by atoms with Gasteiger partial charge in [0.25, 0.3) is 0 Å². The summed E-state index contributed by atoms with van der Waals surface area (Å²) in [6, 6.07) is 14.5. The monoisotopic (exact) mass is 281 g/mol. The van der Waals surface area contributed by atoms with Crippen molar-refractivity contribution in [1.82, 2.24) is 0 Å². The van der Waals surface area contributed by atoms with Gasteiger partial charge in [0.05, 0.1) is 5.56 Å². The molecule has 3 nitrogen and oxygen atoms in total. The molecule has 0 spiro atoms. The lowest BCUT2D eigenvalue weighted by atomic mass is 10.2. The van der Waals surface area contributed by atoms with Crippen LogP contribution in [0, 0.1) is 17.1 Å². The Balaban J connectivity index is 1.73. The van der Waals surface area contributed by atoms with E-state index in [1.807, 2.05) is 18.2 Å². The summed E-state index contributed by atoms with van der Waals surface area (Å²) in [5.41, 5.74) is 2.83.